The molecule has 4 atom stereocenters. The van der Waals surface area contributed by atoms with Crippen molar-refractivity contribution in [2.45, 2.75) is 110 Å². The number of carbonyl (C=O) groups excluding carboxylic acids is 6. The van der Waals surface area contributed by atoms with Crippen LogP contribution in [0.1, 0.15) is 80.6 Å². The highest BCUT2D eigenvalue weighted by atomic mass is 127. The van der Waals surface area contributed by atoms with Gasteiger partial charge in [-0.15, -0.1) is 12.4 Å². The minimum absolute atomic E-state index is 0. The van der Waals surface area contributed by atoms with Crippen molar-refractivity contribution in [3.8, 4) is 29.2 Å². The summed E-state index contributed by atoms with van der Waals surface area (Å²) in [6, 6.07) is 55.3. The summed E-state index contributed by atoms with van der Waals surface area (Å²) in [6.07, 6.45) is 6.46. The Bertz CT molecular complexity index is 5570. The van der Waals surface area contributed by atoms with Gasteiger partial charge in [-0.2, -0.15) is 14.9 Å². The minimum Gasteiger partial charge on any atom is -0.444 e. The van der Waals surface area contributed by atoms with Gasteiger partial charge in [0, 0.05) is 97.9 Å². The zero-order valence-corrected chi connectivity index (χ0v) is 72.6. The zero-order chi connectivity index (χ0) is 88.3. The predicted octanol–water partition coefficient (Wildman–Crippen LogP) is 11.7. The highest BCUT2D eigenvalue weighted by Crippen LogP contribution is 2.26. The molecule has 120 heavy (non-hydrogen) atoms. The van der Waals surface area contributed by atoms with Gasteiger partial charge in [-0.1, -0.05) is 72.8 Å². The molecule has 16 N–H and O–H groups in total. The smallest absolute Gasteiger partial charge is 0.408 e. The van der Waals surface area contributed by atoms with E-state index >= 15 is 0 Å². The molecule has 0 aliphatic rings. The SMILES string of the molecule is CC(C)(C)OC(=O)N[C@H](Cc1ccc(-n2ccccc2=O)cc1)C(N)=O.CC(C)(C)OC(=O)N[C@H](Cc1ccc(I)cc1)C(N)=O.Cc1cc(N)sn1.Cl.N#Cc1cc(F)c(F)cc1Br.N#Cc1cc(F)c(N[C@H](Cc2ccc(-n3ccccc3=O)cc2)C(N)=O)cc1Br.NC(=O)[C@H](N)Cc1ccc(-n2ccccc2=O)cc1.O=c1cccc[nH]1. The Labute approximate surface area is 729 Å². The Kier molecular flexibility index (Phi) is 40.8. The van der Waals surface area contributed by atoms with Crippen LogP contribution in [0.3, 0.4) is 0 Å². The van der Waals surface area contributed by atoms with Crippen molar-refractivity contribution in [3.05, 3.63) is 335 Å². The van der Waals surface area contributed by atoms with Crippen molar-refractivity contribution in [1.82, 2.24) is 33.7 Å². The van der Waals surface area contributed by atoms with Gasteiger partial charge in [-0.05, 0) is 246 Å². The molecule has 0 saturated carbocycles. The van der Waals surface area contributed by atoms with Gasteiger partial charge in [0.25, 0.3) is 16.7 Å². The van der Waals surface area contributed by atoms with E-state index < -0.39 is 88.6 Å². The van der Waals surface area contributed by atoms with E-state index in [1.807, 2.05) is 67.6 Å². The number of alkyl carbamates (subject to hydrolysis) is 2. The summed E-state index contributed by atoms with van der Waals surface area (Å²) in [6.45, 7) is 12.4. The van der Waals surface area contributed by atoms with Gasteiger partial charge in [0.15, 0.2) is 11.6 Å². The molecular formula is C84H87Br2ClF3IN16O12S. The number of anilines is 2. The standard InChI is InChI=1S/C21H16BrFN4O2.C19H23N3O4.C14H19IN2O3.C14H15N3O2.C7H2BrF2N.C5H5NO.C4H6N2S.ClH/c22-16-11-18(17(23)10-14(16)12-24)26-19(21(25)29)9-13-4-6-15(7-5-13)27-8-2-1-3-20(27)28;1-19(2,3)26-18(25)21-15(17(20)24)12-13-7-9-14(10-8-13)22-11-5-4-6-16(22)23;1-14(2,3)20-13(19)17-11(12(16)18)8-9-4-6-10(15)7-5-9;15-12(14(16)19)9-10-4-6-11(7-5-10)17-8-2-1-3-13(17)18;8-5-2-7(10)6(9)1-4(5)3-11;7-5-3-1-2-4-6-5;1-3-2-4(5)7-6-3;/h1-8,10-11,19,26H,9H2,(H2,25,29);4-11,15H,12H2,1-3H3,(H2,20,24)(H,21,25);4-7,11H,8H2,1-3H3,(H2,16,18)(H,17,19);1-8,12H,9,15H2,(H2,16,19);1-2H;1-4H,(H,6,7);2H,5H2,1H3;1H/t19-;15-;11-;12-;;;;/m1111..../s1. The largest absolute Gasteiger partial charge is 0.444 e. The number of halogens is 7. The van der Waals surface area contributed by atoms with Gasteiger partial charge < -0.3 is 64.8 Å². The number of hydrogen-bond acceptors (Lipinski definition) is 19. The number of aromatic nitrogens is 5. The maximum absolute atomic E-state index is 14.2. The number of aryl methyl sites for hydroxylation is 1. The van der Waals surface area contributed by atoms with Crippen molar-refractivity contribution in [1.29, 1.82) is 10.5 Å². The van der Waals surface area contributed by atoms with E-state index in [2.05, 4.69) is 79.8 Å². The zero-order valence-electron chi connectivity index (χ0n) is 65.6. The number of primary amides is 4. The summed E-state index contributed by atoms with van der Waals surface area (Å²) in [5.41, 5.74) is 37.3. The molecule has 630 valence electrons. The van der Waals surface area contributed by atoms with E-state index in [-0.39, 0.29) is 68.8 Å². The molecule has 0 aliphatic heterocycles. The van der Waals surface area contributed by atoms with Crippen LogP contribution in [0.25, 0.3) is 17.1 Å². The fraction of sp³-hybridized carbons (Fsp3) is 0.202. The molecule has 0 radical (unpaired) electrons. The number of nitrogen functional groups attached to an aromatic ring is 1. The lowest BCUT2D eigenvalue weighted by atomic mass is 10.0. The summed E-state index contributed by atoms with van der Waals surface area (Å²) in [5, 5.41) is 25.9. The summed E-state index contributed by atoms with van der Waals surface area (Å²) in [4.78, 5) is 117. The van der Waals surface area contributed by atoms with Crippen LogP contribution < -0.4 is 72.6 Å². The van der Waals surface area contributed by atoms with Crippen LogP contribution in [0.2, 0.25) is 0 Å². The molecule has 6 amide bonds. The first-order valence-electron chi connectivity index (χ1n) is 35.6. The van der Waals surface area contributed by atoms with E-state index in [9.17, 15) is 61.1 Å². The number of benzene rings is 6. The molecule has 5 aromatic heterocycles. The first-order chi connectivity index (χ1) is 56.1. The number of hydrogen-bond donors (Lipinski definition) is 10. The quantitative estimate of drug-likeness (QED) is 0.0265. The average Bonchev–Trinajstić information content (AvgIpc) is 1.49. The number of rotatable bonds is 19. The molecule has 0 fully saturated rings. The van der Waals surface area contributed by atoms with Crippen LogP contribution in [0.4, 0.5) is 33.4 Å². The van der Waals surface area contributed by atoms with Crippen LogP contribution in [0.15, 0.2) is 253 Å². The second kappa shape index (κ2) is 49.0. The molecule has 36 heteroatoms. The molecule has 0 aliphatic carbocycles. The Morgan fingerprint density at radius 1 is 0.517 bits per heavy atom. The molecular weight excluding hydrogens is 1840 g/mol. The Balaban J connectivity index is 0.000000308. The maximum atomic E-state index is 14.2. The van der Waals surface area contributed by atoms with Gasteiger partial charge in [-0.3, -0.25) is 52.1 Å². The van der Waals surface area contributed by atoms with E-state index in [1.165, 1.54) is 55.6 Å². The number of pyridine rings is 4. The third-order valence-corrected chi connectivity index (χ3v) is 18.3. The Morgan fingerprint density at radius 2 is 0.875 bits per heavy atom. The van der Waals surface area contributed by atoms with Crippen LogP contribution in [0.5, 0.6) is 0 Å². The third-order valence-electron chi connectivity index (χ3n) is 15.5. The van der Waals surface area contributed by atoms with Gasteiger partial charge in [0.1, 0.15) is 52.3 Å². The van der Waals surface area contributed by atoms with Gasteiger partial charge in [0.2, 0.25) is 29.2 Å². The highest BCUT2D eigenvalue weighted by Gasteiger charge is 2.26. The lowest BCUT2D eigenvalue weighted by Crippen LogP contribution is -2.47. The first-order valence-corrected chi connectivity index (χ1v) is 39.1. The molecule has 0 unspecified atom stereocenters. The van der Waals surface area contributed by atoms with Crippen molar-refractivity contribution >= 4 is 125 Å². The number of aromatic amines is 1. The number of nitrogens with one attached hydrogen (secondary N) is 4. The fourth-order valence-corrected chi connectivity index (χ4v) is 11.6. The molecule has 0 saturated heterocycles. The van der Waals surface area contributed by atoms with Gasteiger partial charge in [-0.25, -0.2) is 22.8 Å². The van der Waals surface area contributed by atoms with Crippen LogP contribution in [0, 0.1) is 50.6 Å². The van der Waals surface area contributed by atoms with Crippen LogP contribution in [-0.2, 0) is 54.3 Å². The Hall–Kier alpha value is -12.5. The summed E-state index contributed by atoms with van der Waals surface area (Å²) in [7, 11) is 0. The molecule has 0 bridgehead atoms. The van der Waals surface area contributed by atoms with Gasteiger partial charge in [0.05, 0.1) is 28.6 Å². The number of H-pyrrole nitrogens is 1. The van der Waals surface area contributed by atoms with Crippen molar-refractivity contribution < 1.29 is 51.4 Å². The molecule has 0 spiro atoms. The van der Waals surface area contributed by atoms with E-state index in [4.69, 9.17) is 54.4 Å². The lowest BCUT2D eigenvalue weighted by molar-refractivity contribution is -0.120. The molecule has 6 aromatic carbocycles. The van der Waals surface area contributed by atoms with Gasteiger partial charge >= 0.3 is 12.2 Å². The Morgan fingerprint density at radius 3 is 1.18 bits per heavy atom. The van der Waals surface area contributed by atoms with Crippen LogP contribution in [-0.4, -0.2) is 94.2 Å². The number of nitrogens with two attached hydrogens (primary N) is 6. The predicted molar refractivity (Wildman–Crippen MR) is 472 cm³/mol. The monoisotopic (exact) mass is 1920 g/mol. The second-order valence-corrected chi connectivity index (χ2v) is 31.1. The second-order valence-electron chi connectivity index (χ2n) is 27.4. The molecule has 28 nitrogen and oxygen atoms in total. The molecule has 11 aromatic rings. The summed E-state index contributed by atoms with van der Waals surface area (Å²) in [5.74, 6) is -5.04. The molecule has 5 heterocycles. The van der Waals surface area contributed by atoms with Crippen molar-refractivity contribution in [2.75, 3.05) is 11.1 Å². The average molecular weight is 1920 g/mol. The fourth-order valence-electron chi connectivity index (χ4n) is 9.85. The van der Waals surface area contributed by atoms with E-state index in [0.29, 0.717) is 28.7 Å². The normalized spacial score (nSPS) is 11.3. The topological polar surface area (TPSA) is 472 Å². The summed E-state index contributed by atoms with van der Waals surface area (Å²) >= 11 is 9.64. The molecule has 11 rings (SSSR count). The number of carbonyl (C=O) groups is 6. The van der Waals surface area contributed by atoms with Crippen molar-refractivity contribution in [2.24, 2.45) is 28.7 Å². The lowest BCUT2D eigenvalue weighted by Gasteiger charge is -2.22. The number of nitriles is 2. The van der Waals surface area contributed by atoms with Crippen molar-refractivity contribution in [3.63, 3.8) is 0 Å². The first kappa shape index (κ1) is 99.8. The summed E-state index contributed by atoms with van der Waals surface area (Å²) < 4.78 is 59.5. The van der Waals surface area contributed by atoms with E-state index in [1.54, 1.807) is 169 Å². The number of nitrogens with zero attached hydrogens (tertiary/aromatic N) is 6. The number of amides is 6. The van der Waals surface area contributed by atoms with Crippen LogP contribution >= 0.6 is 78.4 Å². The highest BCUT2D eigenvalue weighted by molar-refractivity contribution is 14.1. The van der Waals surface area contributed by atoms with E-state index in [0.717, 1.165) is 60.4 Å². The minimum atomic E-state index is -1.01. The number of ether oxygens (including phenoxy) is 2. The third kappa shape index (κ3) is 35.7. The maximum Gasteiger partial charge on any atom is 0.408 e.